The van der Waals surface area contributed by atoms with E-state index in [9.17, 15) is 4.79 Å². The van der Waals surface area contributed by atoms with E-state index < -0.39 is 0 Å². The Hall–Kier alpha value is -2.01. The first-order valence-electron chi connectivity index (χ1n) is 10.4. The fourth-order valence-corrected chi connectivity index (χ4v) is 4.41. The Labute approximate surface area is 180 Å². The molecule has 0 spiro atoms. The van der Waals surface area contributed by atoms with Gasteiger partial charge < -0.3 is 14.8 Å². The van der Waals surface area contributed by atoms with Gasteiger partial charge in [0.05, 0.1) is 31.1 Å². The summed E-state index contributed by atoms with van der Waals surface area (Å²) in [5, 5.41) is 15.4. The maximum atomic E-state index is 12.3. The summed E-state index contributed by atoms with van der Waals surface area (Å²) in [6, 6.07) is 10.4. The summed E-state index contributed by atoms with van der Waals surface area (Å²) in [4.78, 5) is 14.7. The third-order valence-electron chi connectivity index (χ3n) is 5.23. The van der Waals surface area contributed by atoms with Crippen molar-refractivity contribution >= 4 is 17.7 Å². The number of ether oxygens (including phenoxy) is 2. The molecule has 3 heterocycles. The fraction of sp³-hybridized carbons (Fsp3) is 0.600. The molecule has 2 atom stereocenters. The first kappa shape index (κ1) is 21.2. The summed E-state index contributed by atoms with van der Waals surface area (Å²) < 4.78 is 13.2. The van der Waals surface area contributed by atoms with Gasteiger partial charge >= 0.3 is 0 Å². The Bertz CT molecular complexity index is 799. The van der Waals surface area contributed by atoms with Gasteiger partial charge in [-0.3, -0.25) is 9.69 Å². The highest BCUT2D eigenvalue weighted by atomic mass is 32.2. The lowest BCUT2D eigenvalue weighted by molar-refractivity contribution is -0.119. The Morgan fingerprint density at radius 2 is 2.07 bits per heavy atom. The average Bonchev–Trinajstić information content (AvgIpc) is 3.44. The van der Waals surface area contributed by atoms with Crippen molar-refractivity contribution in [2.75, 3.05) is 38.6 Å². The van der Waals surface area contributed by atoms with Crippen molar-refractivity contribution in [3.63, 3.8) is 0 Å². The first-order chi connectivity index (χ1) is 14.8. The van der Waals surface area contributed by atoms with Crippen molar-refractivity contribution in [1.29, 1.82) is 0 Å². The summed E-state index contributed by atoms with van der Waals surface area (Å²) in [6.07, 6.45) is 2.25. The molecule has 9 nitrogen and oxygen atoms in total. The molecule has 1 amide bonds. The Morgan fingerprint density at radius 1 is 1.20 bits per heavy atom. The van der Waals surface area contributed by atoms with Crippen LogP contribution >= 0.6 is 11.8 Å². The minimum absolute atomic E-state index is 0.00115. The van der Waals surface area contributed by atoms with Crippen LogP contribution in [0.2, 0.25) is 0 Å². The zero-order chi connectivity index (χ0) is 20.6. The third-order valence-corrected chi connectivity index (χ3v) is 6.19. The zero-order valence-electron chi connectivity index (χ0n) is 17.0. The Kier molecular flexibility index (Phi) is 7.68. The molecule has 2 fully saturated rings. The van der Waals surface area contributed by atoms with Crippen LogP contribution in [0, 0.1) is 0 Å². The van der Waals surface area contributed by atoms with Crippen LogP contribution in [0.25, 0.3) is 0 Å². The van der Waals surface area contributed by atoms with E-state index in [2.05, 4.69) is 50.0 Å². The molecule has 0 unspecified atom stereocenters. The minimum atomic E-state index is -0.0459. The van der Waals surface area contributed by atoms with Crippen molar-refractivity contribution in [3.05, 3.63) is 35.9 Å². The van der Waals surface area contributed by atoms with Crippen LogP contribution in [0.1, 0.15) is 18.4 Å². The molecule has 162 valence electrons. The van der Waals surface area contributed by atoms with Gasteiger partial charge in [-0.15, -0.1) is 5.10 Å². The molecular formula is C20H28N6O3S. The third kappa shape index (κ3) is 6.24. The second-order valence-electron chi connectivity index (χ2n) is 7.58. The number of thioether (sulfide) groups is 1. The van der Waals surface area contributed by atoms with Crippen molar-refractivity contribution in [3.8, 4) is 0 Å². The molecule has 1 N–H and O–H groups in total. The standard InChI is InChI=1S/C20H28N6O3S/c27-19(15-30-20-22-23-24-26(20)14-17-7-4-9-28-17)21-11-18-13-25(8-10-29-18)12-16-5-2-1-3-6-16/h1-3,5-6,17-18H,4,7-15H2,(H,21,27)/t17-,18+/m1/s1. The van der Waals surface area contributed by atoms with Crippen LogP contribution in [-0.2, 0) is 27.4 Å². The number of hydrogen-bond donors (Lipinski definition) is 1. The first-order valence-corrected chi connectivity index (χ1v) is 11.4. The number of tetrazole rings is 1. The number of nitrogens with one attached hydrogen (secondary N) is 1. The van der Waals surface area contributed by atoms with Crippen LogP contribution in [0.4, 0.5) is 0 Å². The molecule has 2 saturated heterocycles. The van der Waals surface area contributed by atoms with E-state index in [1.165, 1.54) is 17.3 Å². The fourth-order valence-electron chi connectivity index (χ4n) is 3.69. The number of hydrogen-bond acceptors (Lipinski definition) is 8. The Balaban J connectivity index is 1.17. The van der Waals surface area contributed by atoms with E-state index in [4.69, 9.17) is 9.47 Å². The number of benzene rings is 1. The van der Waals surface area contributed by atoms with Crippen molar-refractivity contribution in [2.24, 2.45) is 0 Å². The quantitative estimate of drug-likeness (QED) is 0.586. The largest absolute Gasteiger partial charge is 0.376 e. The van der Waals surface area contributed by atoms with Crippen LogP contribution in [0.3, 0.4) is 0 Å². The van der Waals surface area contributed by atoms with Crippen molar-refractivity contribution in [1.82, 2.24) is 30.4 Å². The lowest BCUT2D eigenvalue weighted by Gasteiger charge is -2.33. The molecule has 0 radical (unpaired) electrons. The predicted molar refractivity (Wildman–Crippen MR) is 112 cm³/mol. The van der Waals surface area contributed by atoms with Gasteiger partial charge in [-0.25, -0.2) is 4.68 Å². The van der Waals surface area contributed by atoms with Gasteiger partial charge in [0.2, 0.25) is 11.1 Å². The SMILES string of the molecule is O=C(CSc1nnnn1C[C@H]1CCCO1)NC[C@H]1CN(Cc2ccccc2)CCO1. The minimum Gasteiger partial charge on any atom is -0.376 e. The molecule has 0 bridgehead atoms. The van der Waals surface area contributed by atoms with Gasteiger partial charge in [-0.05, 0) is 28.8 Å². The molecule has 1 aromatic heterocycles. The topological polar surface area (TPSA) is 94.4 Å². The molecule has 30 heavy (non-hydrogen) atoms. The second-order valence-corrected chi connectivity index (χ2v) is 8.53. The van der Waals surface area contributed by atoms with Gasteiger partial charge in [0.15, 0.2) is 0 Å². The van der Waals surface area contributed by atoms with E-state index in [1.54, 1.807) is 4.68 Å². The van der Waals surface area contributed by atoms with E-state index >= 15 is 0 Å². The molecule has 4 rings (SSSR count). The number of aromatic nitrogens is 4. The van der Waals surface area contributed by atoms with Crippen LogP contribution < -0.4 is 5.32 Å². The lowest BCUT2D eigenvalue weighted by Crippen LogP contribution is -2.47. The molecule has 2 aromatic rings. The predicted octanol–water partition coefficient (Wildman–Crippen LogP) is 0.961. The van der Waals surface area contributed by atoms with E-state index in [-0.39, 0.29) is 23.9 Å². The van der Waals surface area contributed by atoms with Gasteiger partial charge in [-0.1, -0.05) is 42.1 Å². The number of nitrogens with zero attached hydrogens (tertiary/aromatic N) is 5. The number of morpholine rings is 1. The maximum Gasteiger partial charge on any atom is 0.230 e. The normalized spacial score (nSPS) is 22.3. The summed E-state index contributed by atoms with van der Waals surface area (Å²) in [5.41, 5.74) is 1.29. The highest BCUT2D eigenvalue weighted by Gasteiger charge is 2.22. The molecule has 1 aromatic carbocycles. The molecule has 0 saturated carbocycles. The van der Waals surface area contributed by atoms with Crippen LogP contribution in [-0.4, -0.2) is 81.8 Å². The number of carbonyl (C=O) groups is 1. The second kappa shape index (κ2) is 10.9. The summed E-state index contributed by atoms with van der Waals surface area (Å²) in [7, 11) is 0. The van der Waals surface area contributed by atoms with E-state index in [0.29, 0.717) is 24.9 Å². The molecule has 0 aliphatic carbocycles. The van der Waals surface area contributed by atoms with Crippen molar-refractivity contribution < 1.29 is 14.3 Å². The van der Waals surface area contributed by atoms with Gasteiger partial charge in [0, 0.05) is 32.8 Å². The number of amides is 1. The van der Waals surface area contributed by atoms with Crippen molar-refractivity contribution in [2.45, 2.75) is 43.3 Å². The molecule has 2 aliphatic heterocycles. The smallest absolute Gasteiger partial charge is 0.230 e. The number of carbonyl (C=O) groups excluding carboxylic acids is 1. The molecular weight excluding hydrogens is 404 g/mol. The maximum absolute atomic E-state index is 12.3. The summed E-state index contributed by atoms with van der Waals surface area (Å²) in [6.45, 7) is 5.22. The van der Waals surface area contributed by atoms with E-state index in [0.717, 1.165) is 39.1 Å². The average molecular weight is 433 g/mol. The van der Waals surface area contributed by atoms with Gasteiger partial charge in [0.1, 0.15) is 0 Å². The lowest BCUT2D eigenvalue weighted by atomic mass is 10.2. The molecule has 10 heteroatoms. The highest BCUT2D eigenvalue weighted by Crippen LogP contribution is 2.18. The summed E-state index contributed by atoms with van der Waals surface area (Å²) >= 11 is 1.34. The zero-order valence-corrected chi connectivity index (χ0v) is 17.8. The highest BCUT2D eigenvalue weighted by molar-refractivity contribution is 7.99. The van der Waals surface area contributed by atoms with Crippen LogP contribution in [0.5, 0.6) is 0 Å². The van der Waals surface area contributed by atoms with Gasteiger partial charge in [0.25, 0.3) is 0 Å². The summed E-state index contributed by atoms with van der Waals surface area (Å²) in [5.74, 6) is 0.224. The molecule has 2 aliphatic rings. The van der Waals surface area contributed by atoms with Gasteiger partial charge in [-0.2, -0.15) is 0 Å². The Morgan fingerprint density at radius 3 is 2.90 bits per heavy atom. The van der Waals surface area contributed by atoms with Crippen LogP contribution in [0.15, 0.2) is 35.5 Å². The number of rotatable bonds is 9. The van der Waals surface area contributed by atoms with E-state index in [1.807, 2.05) is 6.07 Å². The monoisotopic (exact) mass is 432 g/mol.